The SMILES string of the molecule is O=C(COc1cccc([N+](=O)[O-])c1)Nc1ccnn1Cc1ccc(Cl)cc1Cl. The number of rotatable bonds is 7. The molecular weight excluding hydrogens is 407 g/mol. The van der Waals surface area contributed by atoms with Crippen molar-refractivity contribution in [2.24, 2.45) is 0 Å². The number of hydrogen-bond donors (Lipinski definition) is 1. The third-order valence-electron chi connectivity index (χ3n) is 3.72. The monoisotopic (exact) mass is 420 g/mol. The average molecular weight is 421 g/mol. The number of nitro groups is 1. The fraction of sp³-hybridized carbons (Fsp3) is 0.111. The fourth-order valence-corrected chi connectivity index (χ4v) is 2.86. The molecule has 0 aliphatic carbocycles. The van der Waals surface area contributed by atoms with E-state index >= 15 is 0 Å². The van der Waals surface area contributed by atoms with E-state index in [1.54, 1.807) is 35.1 Å². The molecule has 1 aromatic heterocycles. The lowest BCUT2D eigenvalue weighted by molar-refractivity contribution is -0.384. The molecule has 3 rings (SSSR count). The Morgan fingerprint density at radius 3 is 2.79 bits per heavy atom. The Morgan fingerprint density at radius 1 is 1.21 bits per heavy atom. The van der Waals surface area contributed by atoms with Crippen LogP contribution in [0, 0.1) is 10.1 Å². The van der Waals surface area contributed by atoms with E-state index in [1.807, 2.05) is 0 Å². The highest BCUT2D eigenvalue weighted by Crippen LogP contribution is 2.23. The van der Waals surface area contributed by atoms with Crippen LogP contribution < -0.4 is 10.1 Å². The van der Waals surface area contributed by atoms with Crippen LogP contribution in [0.1, 0.15) is 5.56 Å². The third-order valence-corrected chi connectivity index (χ3v) is 4.30. The first-order chi connectivity index (χ1) is 13.4. The number of halogens is 2. The van der Waals surface area contributed by atoms with Gasteiger partial charge in [-0.1, -0.05) is 35.3 Å². The maximum absolute atomic E-state index is 12.2. The van der Waals surface area contributed by atoms with Gasteiger partial charge in [-0.05, 0) is 23.8 Å². The molecular formula is C18H14Cl2N4O4. The molecule has 2 aromatic carbocycles. The van der Waals surface area contributed by atoms with E-state index in [0.29, 0.717) is 22.4 Å². The van der Waals surface area contributed by atoms with Gasteiger partial charge in [0, 0.05) is 22.2 Å². The van der Waals surface area contributed by atoms with E-state index in [9.17, 15) is 14.9 Å². The topological polar surface area (TPSA) is 99.3 Å². The van der Waals surface area contributed by atoms with Gasteiger partial charge in [0.05, 0.1) is 23.7 Å². The standard InChI is InChI=1S/C18H14Cl2N4O4/c19-13-5-4-12(16(20)8-13)10-23-17(6-7-21-23)22-18(25)11-28-15-3-1-2-14(9-15)24(26)27/h1-9H,10-11H2,(H,22,25). The molecule has 1 N–H and O–H groups in total. The fourth-order valence-electron chi connectivity index (χ4n) is 2.39. The van der Waals surface area contributed by atoms with Gasteiger partial charge in [-0.2, -0.15) is 5.10 Å². The van der Waals surface area contributed by atoms with Crippen molar-refractivity contribution in [1.29, 1.82) is 0 Å². The lowest BCUT2D eigenvalue weighted by Crippen LogP contribution is -2.22. The second-order valence-electron chi connectivity index (χ2n) is 5.70. The predicted octanol–water partition coefficient (Wildman–Crippen LogP) is 4.16. The van der Waals surface area contributed by atoms with Crippen LogP contribution in [0.4, 0.5) is 11.5 Å². The Balaban J connectivity index is 1.61. The summed E-state index contributed by atoms with van der Waals surface area (Å²) in [6.45, 7) is 0.0262. The van der Waals surface area contributed by atoms with Gasteiger partial charge in [0.2, 0.25) is 0 Å². The molecule has 0 fully saturated rings. The Hall–Kier alpha value is -3.10. The van der Waals surface area contributed by atoms with Gasteiger partial charge in [0.25, 0.3) is 11.6 Å². The minimum atomic E-state index is -0.534. The number of benzene rings is 2. The summed E-state index contributed by atoms with van der Waals surface area (Å²) < 4.78 is 6.89. The van der Waals surface area contributed by atoms with E-state index in [1.165, 1.54) is 24.3 Å². The van der Waals surface area contributed by atoms with Crippen molar-refractivity contribution in [2.75, 3.05) is 11.9 Å². The van der Waals surface area contributed by atoms with Crippen molar-refractivity contribution in [3.8, 4) is 5.75 Å². The molecule has 0 aliphatic heterocycles. The highest BCUT2D eigenvalue weighted by Gasteiger charge is 2.12. The van der Waals surface area contributed by atoms with Crippen LogP contribution in [0.5, 0.6) is 5.75 Å². The molecule has 0 saturated carbocycles. The molecule has 1 heterocycles. The second kappa shape index (κ2) is 8.73. The smallest absolute Gasteiger partial charge is 0.273 e. The molecule has 0 aliphatic rings. The highest BCUT2D eigenvalue weighted by atomic mass is 35.5. The lowest BCUT2D eigenvalue weighted by Gasteiger charge is -2.11. The number of amides is 1. The average Bonchev–Trinajstić information content (AvgIpc) is 3.09. The van der Waals surface area contributed by atoms with Gasteiger partial charge in [-0.15, -0.1) is 0 Å². The van der Waals surface area contributed by atoms with Gasteiger partial charge < -0.3 is 10.1 Å². The largest absolute Gasteiger partial charge is 0.484 e. The minimum Gasteiger partial charge on any atom is -0.484 e. The summed E-state index contributed by atoms with van der Waals surface area (Å²) in [6, 6.07) is 12.4. The van der Waals surface area contributed by atoms with E-state index in [-0.39, 0.29) is 18.0 Å². The number of nitrogens with zero attached hydrogens (tertiary/aromatic N) is 3. The summed E-state index contributed by atoms with van der Waals surface area (Å²) in [5.74, 6) is 0.250. The highest BCUT2D eigenvalue weighted by molar-refractivity contribution is 6.35. The molecule has 0 bridgehead atoms. The summed E-state index contributed by atoms with van der Waals surface area (Å²) in [5.41, 5.74) is 0.675. The molecule has 0 radical (unpaired) electrons. The first kappa shape index (κ1) is 19.7. The lowest BCUT2D eigenvalue weighted by atomic mass is 10.2. The molecule has 28 heavy (non-hydrogen) atoms. The predicted molar refractivity (Wildman–Crippen MR) is 105 cm³/mol. The van der Waals surface area contributed by atoms with Gasteiger partial charge in [0.15, 0.2) is 6.61 Å². The third kappa shape index (κ3) is 4.99. The zero-order valence-corrected chi connectivity index (χ0v) is 15.9. The van der Waals surface area contributed by atoms with Crippen LogP contribution in [0.2, 0.25) is 10.0 Å². The molecule has 10 heteroatoms. The van der Waals surface area contributed by atoms with E-state index < -0.39 is 10.8 Å². The first-order valence-electron chi connectivity index (χ1n) is 8.05. The van der Waals surface area contributed by atoms with Crippen molar-refractivity contribution in [3.63, 3.8) is 0 Å². The van der Waals surface area contributed by atoms with Crippen LogP contribution in [-0.2, 0) is 11.3 Å². The van der Waals surface area contributed by atoms with Crippen LogP contribution in [-0.4, -0.2) is 27.2 Å². The number of aromatic nitrogens is 2. The summed E-state index contributed by atoms with van der Waals surface area (Å²) >= 11 is 12.1. The number of hydrogen-bond acceptors (Lipinski definition) is 5. The van der Waals surface area contributed by atoms with Crippen molar-refractivity contribution >= 4 is 40.6 Å². The van der Waals surface area contributed by atoms with Crippen LogP contribution >= 0.6 is 23.2 Å². The molecule has 3 aromatic rings. The number of ether oxygens (including phenoxy) is 1. The number of non-ortho nitro benzene ring substituents is 1. The summed E-state index contributed by atoms with van der Waals surface area (Å²) in [5, 5.41) is 18.7. The number of nitrogens with one attached hydrogen (secondary N) is 1. The van der Waals surface area contributed by atoms with Gasteiger partial charge in [-0.3, -0.25) is 14.9 Å². The van der Waals surface area contributed by atoms with Crippen molar-refractivity contribution < 1.29 is 14.5 Å². The minimum absolute atomic E-state index is 0.115. The van der Waals surface area contributed by atoms with Crippen molar-refractivity contribution in [1.82, 2.24) is 9.78 Å². The Kier molecular flexibility index (Phi) is 6.13. The van der Waals surface area contributed by atoms with Crippen LogP contribution in [0.3, 0.4) is 0 Å². The van der Waals surface area contributed by atoms with Crippen molar-refractivity contribution in [3.05, 3.63) is 80.5 Å². The number of carbonyl (C=O) groups excluding carboxylic acids is 1. The first-order valence-corrected chi connectivity index (χ1v) is 8.81. The normalized spacial score (nSPS) is 10.5. The Labute approximate surface area is 169 Å². The maximum atomic E-state index is 12.2. The summed E-state index contributed by atoms with van der Waals surface area (Å²) in [6.07, 6.45) is 1.54. The molecule has 1 amide bonds. The molecule has 0 unspecified atom stereocenters. The number of nitro benzene ring substituents is 1. The summed E-state index contributed by atoms with van der Waals surface area (Å²) in [7, 11) is 0. The molecule has 8 nitrogen and oxygen atoms in total. The summed E-state index contributed by atoms with van der Waals surface area (Å²) in [4.78, 5) is 22.4. The van der Waals surface area contributed by atoms with Crippen LogP contribution in [0.15, 0.2) is 54.7 Å². The number of carbonyl (C=O) groups is 1. The van der Waals surface area contributed by atoms with Gasteiger partial charge in [0.1, 0.15) is 11.6 Å². The zero-order valence-electron chi connectivity index (χ0n) is 14.3. The van der Waals surface area contributed by atoms with Gasteiger partial charge >= 0.3 is 0 Å². The molecule has 144 valence electrons. The maximum Gasteiger partial charge on any atom is 0.273 e. The Bertz CT molecular complexity index is 1020. The quantitative estimate of drug-likeness (QED) is 0.456. The van der Waals surface area contributed by atoms with Gasteiger partial charge in [-0.25, -0.2) is 4.68 Å². The van der Waals surface area contributed by atoms with Crippen molar-refractivity contribution in [2.45, 2.75) is 6.54 Å². The second-order valence-corrected chi connectivity index (χ2v) is 6.54. The van der Waals surface area contributed by atoms with E-state index in [4.69, 9.17) is 27.9 Å². The van der Waals surface area contributed by atoms with E-state index in [2.05, 4.69) is 10.4 Å². The zero-order chi connectivity index (χ0) is 20.1. The van der Waals surface area contributed by atoms with Crippen LogP contribution in [0.25, 0.3) is 0 Å². The van der Waals surface area contributed by atoms with E-state index in [0.717, 1.165) is 5.56 Å². The Morgan fingerprint density at radius 2 is 2.04 bits per heavy atom. The molecule has 0 spiro atoms. The number of anilines is 1. The molecule has 0 saturated heterocycles. The molecule has 0 atom stereocenters.